The van der Waals surface area contributed by atoms with Crippen LogP contribution in [-0.2, 0) is 59.2 Å². The average Bonchev–Trinajstić information content (AvgIpc) is 3.34. The van der Waals surface area contributed by atoms with Gasteiger partial charge in [-0.2, -0.15) is 0 Å². The number of ether oxygens (including phenoxy) is 3. The van der Waals surface area contributed by atoms with Gasteiger partial charge in [0.2, 0.25) is 23.6 Å². The lowest BCUT2D eigenvalue weighted by molar-refractivity contribution is -0.145. The average molecular weight is 915 g/mol. The van der Waals surface area contributed by atoms with Crippen molar-refractivity contribution in [3.8, 4) is 23.0 Å². The molecule has 0 saturated heterocycles. The van der Waals surface area contributed by atoms with Crippen LogP contribution < -0.4 is 30.7 Å². The molecule has 67 heavy (non-hydrogen) atoms. The second-order valence-electron chi connectivity index (χ2n) is 18.1. The van der Waals surface area contributed by atoms with Crippen LogP contribution in [0.4, 0.5) is 0 Å². The van der Waals surface area contributed by atoms with Gasteiger partial charge in [0.15, 0.2) is 0 Å². The van der Waals surface area contributed by atoms with Gasteiger partial charge < -0.3 is 40.6 Å². The fourth-order valence-corrected chi connectivity index (χ4v) is 9.46. The molecule has 4 atom stereocenters. The molecule has 10 rings (SSSR count). The monoisotopic (exact) mass is 914 g/mol. The molecular weight excluding hydrogens is 853 g/mol. The second kappa shape index (κ2) is 23.7. The molecule has 2 fully saturated rings. The highest BCUT2D eigenvalue weighted by Gasteiger charge is 2.35. The Morgan fingerprint density at radius 2 is 0.925 bits per heavy atom. The number of rotatable bonds is 4. The number of fused-ring (bicyclic) bond motifs is 20. The number of aliphatic carboxylic acids is 1. The Morgan fingerprint density at radius 1 is 0.507 bits per heavy atom. The van der Waals surface area contributed by atoms with Crippen molar-refractivity contribution in [3.05, 3.63) is 119 Å². The van der Waals surface area contributed by atoms with Crippen LogP contribution in [0.15, 0.2) is 97.1 Å². The van der Waals surface area contributed by atoms with E-state index in [0.717, 1.165) is 86.5 Å². The van der Waals surface area contributed by atoms with Crippen LogP contribution in [0.2, 0.25) is 0 Å². The zero-order valence-corrected chi connectivity index (χ0v) is 38.1. The molecule has 6 aliphatic rings. The van der Waals surface area contributed by atoms with Crippen LogP contribution in [0.25, 0.3) is 0 Å². The number of carbonyl (C=O) groups excluding carboxylic acids is 5. The molecule has 354 valence electrons. The van der Waals surface area contributed by atoms with Crippen LogP contribution in [0.3, 0.4) is 0 Å². The standard InChI is InChI=1S/C27H32N2O5.C26H30N2O5/c1-33-27(32)23-17-19-6-5-9-22(16-19)34-21-13-10-18(11-14-21)12-15-24(30)29-25(26(31)28-23)20-7-3-2-4-8-20;29-23-14-11-17-9-12-20(13-10-17)33-21-8-4-5-18(15-21)16-22(26(31)32)27-25(30)24(28-23)19-6-2-1-3-7-19/h5-6,9-11,13-14,16,20,23,25H,2-4,7-8,12,15,17H2,1H3,(H,28,31)(H,29,30);4-5,8-10,12-13,15,19,22,24H,1-3,6-7,11,14,16H2,(H,27,30)(H,28,29)(H,31,32). The molecule has 4 aromatic carbocycles. The molecule has 5 N–H and O–H groups in total. The normalized spacial score (nSPS) is 22.3. The molecule has 4 heterocycles. The lowest BCUT2D eigenvalue weighted by Gasteiger charge is -2.31. The maximum Gasteiger partial charge on any atom is 0.328 e. The zero-order valence-electron chi connectivity index (χ0n) is 38.1. The number of carboxylic acids is 1. The summed E-state index contributed by atoms with van der Waals surface area (Å²) < 4.78 is 16.9. The van der Waals surface area contributed by atoms with E-state index in [1.807, 2.05) is 84.9 Å². The van der Waals surface area contributed by atoms with Gasteiger partial charge in [0.05, 0.1) is 7.11 Å². The minimum atomic E-state index is -1.11. The van der Waals surface area contributed by atoms with Crippen LogP contribution >= 0.6 is 0 Å². The van der Waals surface area contributed by atoms with E-state index in [1.54, 1.807) is 12.1 Å². The van der Waals surface area contributed by atoms with Gasteiger partial charge >= 0.3 is 11.9 Å². The van der Waals surface area contributed by atoms with Crippen molar-refractivity contribution in [2.75, 3.05) is 7.11 Å². The highest BCUT2D eigenvalue weighted by molar-refractivity contribution is 5.92. The van der Waals surface area contributed by atoms with E-state index in [2.05, 4.69) is 21.3 Å². The minimum absolute atomic E-state index is 0.00948. The summed E-state index contributed by atoms with van der Waals surface area (Å²) in [6.07, 6.45) is 11.8. The molecule has 0 spiro atoms. The molecule has 0 aromatic heterocycles. The van der Waals surface area contributed by atoms with E-state index < -0.39 is 42.0 Å². The van der Waals surface area contributed by atoms with Gasteiger partial charge in [-0.25, -0.2) is 9.59 Å². The first kappa shape index (κ1) is 48.2. The molecule has 4 amide bonds. The number of hydrogen-bond acceptors (Lipinski definition) is 9. The number of methoxy groups -OCH3 is 1. The number of amides is 4. The Kier molecular flexibility index (Phi) is 17.0. The number of hydrogen-bond donors (Lipinski definition) is 5. The molecule has 2 saturated carbocycles. The fraction of sp³-hybridized carbons (Fsp3) is 0.434. The second-order valence-corrected chi connectivity index (χ2v) is 18.1. The lowest BCUT2D eigenvalue weighted by atomic mass is 9.83. The Bertz CT molecular complexity index is 2340. The molecule has 4 aromatic rings. The van der Waals surface area contributed by atoms with Crippen molar-refractivity contribution >= 4 is 35.6 Å². The third kappa shape index (κ3) is 14.2. The first-order valence-corrected chi connectivity index (χ1v) is 23.7. The fourth-order valence-electron chi connectivity index (χ4n) is 9.46. The smallest absolute Gasteiger partial charge is 0.328 e. The number of aryl methyl sites for hydroxylation is 2. The number of carboxylic acid groups (broad SMARTS) is 1. The van der Waals surface area contributed by atoms with Gasteiger partial charge in [0, 0.05) is 25.7 Å². The number of nitrogens with one attached hydrogen (secondary N) is 4. The maximum absolute atomic E-state index is 13.4. The molecule has 0 radical (unpaired) electrons. The van der Waals surface area contributed by atoms with Gasteiger partial charge in [-0.3, -0.25) is 19.2 Å². The molecule has 2 aliphatic carbocycles. The Balaban J connectivity index is 0.000000199. The zero-order chi connectivity index (χ0) is 47.1. The molecule has 8 bridgehead atoms. The Hall–Kier alpha value is -6.70. The molecule has 4 aliphatic heterocycles. The van der Waals surface area contributed by atoms with Gasteiger partial charge in [-0.15, -0.1) is 0 Å². The molecule has 14 nitrogen and oxygen atoms in total. The first-order valence-electron chi connectivity index (χ1n) is 23.7. The van der Waals surface area contributed by atoms with Crippen LogP contribution in [-0.4, -0.2) is 72.0 Å². The number of carbonyl (C=O) groups is 6. The lowest BCUT2D eigenvalue weighted by Crippen LogP contribution is -2.55. The van der Waals surface area contributed by atoms with Gasteiger partial charge in [0.25, 0.3) is 0 Å². The highest BCUT2D eigenvalue weighted by Crippen LogP contribution is 2.30. The highest BCUT2D eigenvalue weighted by atomic mass is 16.5. The summed E-state index contributed by atoms with van der Waals surface area (Å²) in [6.45, 7) is 0. The first-order chi connectivity index (χ1) is 32.5. The van der Waals surface area contributed by atoms with Gasteiger partial charge in [-0.05, 0) is 121 Å². The summed E-state index contributed by atoms with van der Waals surface area (Å²) >= 11 is 0. The summed E-state index contributed by atoms with van der Waals surface area (Å²) in [5.74, 6) is -0.143. The molecule has 14 heteroatoms. The summed E-state index contributed by atoms with van der Waals surface area (Å²) in [6, 6.07) is 26.5. The van der Waals surface area contributed by atoms with Crippen molar-refractivity contribution in [2.24, 2.45) is 11.8 Å². The number of esters is 1. The van der Waals surface area contributed by atoms with E-state index in [0.29, 0.717) is 35.8 Å². The summed E-state index contributed by atoms with van der Waals surface area (Å²) in [4.78, 5) is 76.7. The van der Waals surface area contributed by atoms with Crippen molar-refractivity contribution in [1.82, 2.24) is 21.3 Å². The Morgan fingerprint density at radius 3 is 1.34 bits per heavy atom. The quantitative estimate of drug-likeness (QED) is 0.130. The van der Waals surface area contributed by atoms with Crippen molar-refractivity contribution in [3.63, 3.8) is 0 Å². The molecular formula is C53H62N4O10. The summed E-state index contributed by atoms with van der Waals surface area (Å²) in [5.41, 5.74) is 3.58. The van der Waals surface area contributed by atoms with Crippen molar-refractivity contribution in [2.45, 2.75) is 127 Å². The predicted molar refractivity (Wildman–Crippen MR) is 250 cm³/mol. The predicted octanol–water partition coefficient (Wildman–Crippen LogP) is 7.29. The Labute approximate surface area is 391 Å². The minimum Gasteiger partial charge on any atom is -0.480 e. The van der Waals surface area contributed by atoms with Gasteiger partial charge in [-0.1, -0.05) is 87.1 Å². The van der Waals surface area contributed by atoms with Crippen LogP contribution in [0.1, 0.15) is 99.3 Å². The summed E-state index contributed by atoms with van der Waals surface area (Å²) in [7, 11) is 1.31. The topological polar surface area (TPSA) is 198 Å². The largest absolute Gasteiger partial charge is 0.480 e. The van der Waals surface area contributed by atoms with E-state index in [9.17, 15) is 33.9 Å². The van der Waals surface area contributed by atoms with Gasteiger partial charge in [0.1, 0.15) is 47.2 Å². The van der Waals surface area contributed by atoms with Crippen molar-refractivity contribution < 1.29 is 48.1 Å². The SMILES string of the molecule is COC(=O)C1Cc2cccc(c2)Oc2ccc(cc2)CCC(=O)NC(C2CCCCC2)C(=O)N1.O=C1CCc2ccc(cc2)Oc2cccc(c2)CC(C(=O)O)NC(=O)C(C2CCCCC2)N1. The van der Waals surface area contributed by atoms with Crippen molar-refractivity contribution in [1.29, 1.82) is 0 Å². The van der Waals surface area contributed by atoms with E-state index in [-0.39, 0.29) is 55.2 Å². The van der Waals surface area contributed by atoms with E-state index in [1.165, 1.54) is 7.11 Å². The van der Waals surface area contributed by atoms with Crippen LogP contribution in [0, 0.1) is 11.8 Å². The summed E-state index contributed by atoms with van der Waals surface area (Å²) in [5, 5.41) is 21.2. The van der Waals surface area contributed by atoms with E-state index in [4.69, 9.17) is 14.2 Å². The number of benzene rings is 4. The molecule has 4 unspecified atom stereocenters. The third-order valence-electron chi connectivity index (χ3n) is 13.1. The van der Waals surface area contributed by atoms with Crippen LogP contribution in [0.5, 0.6) is 23.0 Å². The third-order valence-corrected chi connectivity index (χ3v) is 13.1. The maximum atomic E-state index is 13.4. The van der Waals surface area contributed by atoms with E-state index >= 15 is 0 Å².